The molecule has 4 rings (SSSR count). The molecule has 3 aromatic rings. The summed E-state index contributed by atoms with van der Waals surface area (Å²) in [4.78, 5) is 27.8. The van der Waals surface area contributed by atoms with Crippen molar-refractivity contribution >= 4 is 11.9 Å². The highest BCUT2D eigenvalue weighted by molar-refractivity contribution is 5.93. The lowest BCUT2D eigenvalue weighted by Crippen LogP contribution is -2.51. The number of aryl methyl sites for hydroxylation is 1. The maximum absolute atomic E-state index is 13.2. The van der Waals surface area contributed by atoms with Crippen LogP contribution >= 0.6 is 0 Å². The highest BCUT2D eigenvalue weighted by Gasteiger charge is 2.46. The first kappa shape index (κ1) is 21.7. The minimum atomic E-state index is -0.942. The zero-order valence-corrected chi connectivity index (χ0v) is 18.1. The third-order valence-corrected chi connectivity index (χ3v) is 5.82. The van der Waals surface area contributed by atoms with Gasteiger partial charge in [0, 0.05) is 44.4 Å². The number of nitrogens with zero attached hydrogens (tertiary/aromatic N) is 4. The highest BCUT2D eigenvalue weighted by atomic mass is 19.1. The van der Waals surface area contributed by atoms with Gasteiger partial charge in [-0.05, 0) is 50.1 Å². The van der Waals surface area contributed by atoms with Crippen molar-refractivity contribution in [1.29, 1.82) is 0 Å². The predicted molar refractivity (Wildman–Crippen MR) is 113 cm³/mol. The molecule has 9 heteroatoms. The quantitative estimate of drug-likeness (QED) is 0.547. The first-order chi connectivity index (χ1) is 15.4. The summed E-state index contributed by atoms with van der Waals surface area (Å²) in [7, 11) is 1.71. The van der Waals surface area contributed by atoms with Crippen molar-refractivity contribution < 1.29 is 23.2 Å². The Morgan fingerprint density at radius 1 is 1.25 bits per heavy atom. The molecule has 1 aliphatic rings. The van der Waals surface area contributed by atoms with Crippen molar-refractivity contribution in [2.45, 2.75) is 26.2 Å². The van der Waals surface area contributed by atoms with E-state index in [9.17, 15) is 14.0 Å². The monoisotopic (exact) mass is 440 g/mol. The molecule has 0 spiro atoms. The number of halogens is 1. The molecule has 1 amide bonds. The van der Waals surface area contributed by atoms with E-state index in [0.717, 1.165) is 0 Å². The van der Waals surface area contributed by atoms with Gasteiger partial charge in [0.15, 0.2) is 0 Å². The number of likely N-dealkylation sites (tertiary alicyclic amines) is 1. The van der Waals surface area contributed by atoms with E-state index in [-0.39, 0.29) is 37.3 Å². The summed E-state index contributed by atoms with van der Waals surface area (Å²) < 4.78 is 25.7. The number of esters is 1. The van der Waals surface area contributed by atoms with Gasteiger partial charge in [0.1, 0.15) is 23.0 Å². The molecule has 0 N–H and O–H groups in total. The van der Waals surface area contributed by atoms with E-state index in [1.807, 2.05) is 0 Å². The fraction of sp³-hybridized carbons (Fsp3) is 0.391. The highest BCUT2D eigenvalue weighted by Crippen LogP contribution is 2.36. The molecule has 1 atom stereocenters. The maximum atomic E-state index is 13.2. The zero-order valence-electron chi connectivity index (χ0n) is 18.1. The van der Waals surface area contributed by atoms with E-state index in [4.69, 9.17) is 9.26 Å². The fourth-order valence-electron chi connectivity index (χ4n) is 4.20. The summed E-state index contributed by atoms with van der Waals surface area (Å²) >= 11 is 0. The lowest BCUT2D eigenvalue weighted by atomic mass is 9.76. The number of aromatic nitrogens is 3. The lowest BCUT2D eigenvalue weighted by molar-refractivity contribution is -0.158. The van der Waals surface area contributed by atoms with Gasteiger partial charge in [-0.1, -0.05) is 5.16 Å². The van der Waals surface area contributed by atoms with Gasteiger partial charge in [-0.3, -0.25) is 14.3 Å². The van der Waals surface area contributed by atoms with Crippen LogP contribution in [0.3, 0.4) is 0 Å². The molecule has 0 radical (unpaired) electrons. The first-order valence-electron chi connectivity index (χ1n) is 10.6. The smallest absolute Gasteiger partial charge is 0.314 e. The molecule has 0 aliphatic carbocycles. The molecule has 168 valence electrons. The Kier molecular flexibility index (Phi) is 6.07. The second-order valence-corrected chi connectivity index (χ2v) is 8.03. The van der Waals surface area contributed by atoms with Gasteiger partial charge in [-0.2, -0.15) is 5.10 Å². The molecular formula is C23H25FN4O4. The van der Waals surface area contributed by atoms with Crippen LogP contribution in [0, 0.1) is 11.2 Å². The Bertz CT molecular complexity index is 1110. The number of amides is 1. The van der Waals surface area contributed by atoms with Crippen LogP contribution in [0.15, 0.2) is 47.1 Å². The average Bonchev–Trinajstić information content (AvgIpc) is 3.43. The Morgan fingerprint density at radius 3 is 2.72 bits per heavy atom. The van der Waals surface area contributed by atoms with Crippen LogP contribution in [-0.2, 0) is 23.0 Å². The molecular weight excluding hydrogens is 415 g/mol. The second-order valence-electron chi connectivity index (χ2n) is 8.03. The number of ether oxygens (including phenoxy) is 1. The van der Waals surface area contributed by atoms with Crippen LogP contribution in [0.25, 0.3) is 11.3 Å². The van der Waals surface area contributed by atoms with Crippen molar-refractivity contribution in [2.75, 3.05) is 19.7 Å². The van der Waals surface area contributed by atoms with Crippen LogP contribution in [-0.4, -0.2) is 51.4 Å². The first-order valence-corrected chi connectivity index (χ1v) is 10.6. The second kappa shape index (κ2) is 8.94. The van der Waals surface area contributed by atoms with E-state index in [2.05, 4.69) is 10.3 Å². The molecule has 1 aliphatic heterocycles. The Morgan fingerprint density at radius 2 is 2.03 bits per heavy atom. The van der Waals surface area contributed by atoms with Crippen LogP contribution in [0.2, 0.25) is 0 Å². The van der Waals surface area contributed by atoms with Crippen molar-refractivity contribution in [3.63, 3.8) is 0 Å². The van der Waals surface area contributed by atoms with E-state index < -0.39 is 5.41 Å². The summed E-state index contributed by atoms with van der Waals surface area (Å²) in [5, 5.41) is 8.15. The largest absolute Gasteiger partial charge is 0.466 e. The molecule has 3 heterocycles. The van der Waals surface area contributed by atoms with Gasteiger partial charge >= 0.3 is 5.97 Å². The number of hydrogen-bond donors (Lipinski definition) is 0. The Hall–Kier alpha value is -3.49. The molecule has 8 nitrogen and oxygen atoms in total. The number of carbonyl (C=O) groups is 2. The summed E-state index contributed by atoms with van der Waals surface area (Å²) in [5.74, 6) is -0.364. The van der Waals surface area contributed by atoms with Gasteiger partial charge < -0.3 is 14.2 Å². The maximum Gasteiger partial charge on any atom is 0.314 e. The van der Waals surface area contributed by atoms with Gasteiger partial charge in [0.2, 0.25) is 0 Å². The third-order valence-electron chi connectivity index (χ3n) is 5.82. The normalized spacial score (nSPS) is 18.5. The molecule has 32 heavy (non-hydrogen) atoms. The van der Waals surface area contributed by atoms with Crippen molar-refractivity contribution in [3.05, 3.63) is 59.9 Å². The van der Waals surface area contributed by atoms with Gasteiger partial charge in [0.25, 0.3) is 5.91 Å². The summed E-state index contributed by atoms with van der Waals surface area (Å²) in [6.45, 7) is 2.76. The minimum absolute atomic E-state index is 0.178. The van der Waals surface area contributed by atoms with E-state index in [0.29, 0.717) is 42.1 Å². The minimum Gasteiger partial charge on any atom is -0.466 e. The van der Waals surface area contributed by atoms with Crippen LogP contribution in [0.1, 0.15) is 36.0 Å². The van der Waals surface area contributed by atoms with E-state index in [1.165, 1.54) is 16.8 Å². The molecule has 1 saturated heterocycles. The SMILES string of the molecule is CCOC(=O)C1(Cc2cc(-c3ccc(F)cc3)no2)CCCN(C(=O)c2ccnn2C)C1. The molecule has 1 unspecified atom stereocenters. The van der Waals surface area contributed by atoms with Gasteiger partial charge in [0.05, 0.1) is 12.0 Å². The standard InChI is InChI=1S/C23H25FN4O4/c1-3-31-22(30)23(10-4-12-28(15-23)21(29)20-9-11-25-27(20)2)14-18-13-19(26-32-18)16-5-7-17(24)8-6-16/h5-9,11,13H,3-4,10,12,14-15H2,1-2H3. The van der Waals surface area contributed by atoms with Crippen molar-refractivity contribution in [3.8, 4) is 11.3 Å². The van der Waals surface area contributed by atoms with Crippen molar-refractivity contribution in [1.82, 2.24) is 19.8 Å². The topological polar surface area (TPSA) is 90.5 Å². The van der Waals surface area contributed by atoms with Gasteiger partial charge in [-0.25, -0.2) is 4.39 Å². The summed E-state index contributed by atoms with van der Waals surface area (Å²) in [6, 6.07) is 9.35. The zero-order chi connectivity index (χ0) is 22.7. The molecule has 0 saturated carbocycles. The van der Waals surface area contributed by atoms with Crippen LogP contribution < -0.4 is 0 Å². The molecule has 1 aromatic carbocycles. The lowest BCUT2D eigenvalue weighted by Gasteiger charge is -2.40. The number of piperidine rings is 1. The van der Waals surface area contributed by atoms with Gasteiger partial charge in [-0.15, -0.1) is 0 Å². The molecule has 1 fully saturated rings. The predicted octanol–water partition coefficient (Wildman–Crippen LogP) is 3.24. The summed E-state index contributed by atoms with van der Waals surface area (Å²) in [5.41, 5.74) is 0.783. The number of carbonyl (C=O) groups excluding carboxylic acids is 2. The average molecular weight is 440 g/mol. The van der Waals surface area contributed by atoms with E-state index >= 15 is 0 Å². The Balaban J connectivity index is 1.59. The van der Waals surface area contributed by atoms with Crippen LogP contribution in [0.5, 0.6) is 0 Å². The Labute approximate surface area is 184 Å². The fourth-order valence-corrected chi connectivity index (χ4v) is 4.20. The molecule has 2 aromatic heterocycles. The number of hydrogen-bond acceptors (Lipinski definition) is 6. The van der Waals surface area contributed by atoms with E-state index in [1.54, 1.807) is 49.3 Å². The third kappa shape index (κ3) is 4.28. The molecule has 0 bridgehead atoms. The van der Waals surface area contributed by atoms with Crippen LogP contribution in [0.4, 0.5) is 4.39 Å². The number of rotatable bonds is 6. The summed E-state index contributed by atoms with van der Waals surface area (Å²) in [6.07, 6.45) is 3.03. The number of benzene rings is 1. The van der Waals surface area contributed by atoms with Crippen molar-refractivity contribution in [2.24, 2.45) is 12.5 Å².